The van der Waals surface area contributed by atoms with Crippen molar-refractivity contribution in [1.29, 1.82) is 0 Å². The van der Waals surface area contributed by atoms with Gasteiger partial charge in [0.2, 0.25) is 0 Å². The van der Waals surface area contributed by atoms with E-state index >= 15 is 0 Å². The van der Waals surface area contributed by atoms with Gasteiger partial charge in [0.15, 0.2) is 11.5 Å². The third-order valence-electron chi connectivity index (χ3n) is 1.63. The molecule has 1 atom stereocenters. The molecule has 1 fully saturated rings. The molecule has 8 heavy (non-hydrogen) atoms. The highest BCUT2D eigenvalue weighted by atomic mass is 19.1. The Labute approximate surface area is 47.9 Å². The number of hydrogen-bond acceptors (Lipinski definition) is 1. The lowest BCUT2D eigenvalue weighted by Gasteiger charge is -2.06. The first kappa shape index (κ1) is 5.73. The molecule has 0 saturated heterocycles. The molecular formula is C6H9FO. The minimum Gasteiger partial charge on any atom is -0.296 e. The van der Waals surface area contributed by atoms with Crippen LogP contribution in [0.4, 0.5) is 4.39 Å². The fourth-order valence-electron chi connectivity index (χ4n) is 0.981. The summed E-state index contributed by atoms with van der Waals surface area (Å²) >= 11 is 0. The summed E-state index contributed by atoms with van der Waals surface area (Å²) in [5, 5.41) is 0. The molecule has 1 aliphatic rings. The van der Waals surface area contributed by atoms with Crippen molar-refractivity contribution in [3.05, 3.63) is 0 Å². The Morgan fingerprint density at radius 1 is 1.75 bits per heavy atom. The second-order valence-corrected chi connectivity index (χ2v) is 2.47. The van der Waals surface area contributed by atoms with Crippen molar-refractivity contribution in [2.24, 2.45) is 0 Å². The minimum absolute atomic E-state index is 0.225. The molecule has 0 aromatic rings. The average Bonchev–Trinajstić information content (AvgIpc) is 1.86. The second-order valence-electron chi connectivity index (χ2n) is 2.47. The molecular weight excluding hydrogens is 107 g/mol. The predicted octanol–water partition coefficient (Wildman–Crippen LogP) is 1.47. The van der Waals surface area contributed by atoms with Crippen LogP contribution in [0.1, 0.15) is 26.2 Å². The van der Waals surface area contributed by atoms with Gasteiger partial charge in [0, 0.05) is 6.42 Å². The van der Waals surface area contributed by atoms with Gasteiger partial charge in [-0.2, -0.15) is 0 Å². The van der Waals surface area contributed by atoms with E-state index in [9.17, 15) is 9.18 Å². The molecule has 0 amide bonds. The molecule has 46 valence electrons. The molecule has 0 aromatic carbocycles. The van der Waals surface area contributed by atoms with Gasteiger partial charge >= 0.3 is 0 Å². The first-order valence-electron chi connectivity index (χ1n) is 2.85. The van der Waals surface area contributed by atoms with Crippen molar-refractivity contribution < 1.29 is 9.18 Å². The van der Waals surface area contributed by atoms with Crippen LogP contribution >= 0.6 is 0 Å². The highest BCUT2D eigenvalue weighted by molar-refractivity contribution is 5.88. The van der Waals surface area contributed by atoms with E-state index in [1.807, 2.05) is 0 Å². The summed E-state index contributed by atoms with van der Waals surface area (Å²) in [5.41, 5.74) is -1.49. The lowest BCUT2D eigenvalue weighted by atomic mass is 10.1. The molecule has 1 unspecified atom stereocenters. The van der Waals surface area contributed by atoms with E-state index in [1.54, 1.807) is 0 Å². The summed E-state index contributed by atoms with van der Waals surface area (Å²) in [6, 6.07) is 0. The third kappa shape index (κ3) is 0.746. The molecule has 0 spiro atoms. The van der Waals surface area contributed by atoms with E-state index in [0.717, 1.165) is 6.42 Å². The number of Topliss-reactive ketones (excluding diaryl/α,β-unsaturated/α-hetero) is 1. The molecule has 1 aliphatic carbocycles. The summed E-state index contributed by atoms with van der Waals surface area (Å²) in [5.74, 6) is -0.225. The minimum atomic E-state index is -1.49. The molecule has 1 rings (SSSR count). The lowest BCUT2D eigenvalue weighted by molar-refractivity contribution is -0.126. The highest BCUT2D eigenvalue weighted by Gasteiger charge is 2.36. The van der Waals surface area contributed by atoms with Gasteiger partial charge in [-0.1, -0.05) is 0 Å². The van der Waals surface area contributed by atoms with Crippen molar-refractivity contribution in [3.63, 3.8) is 0 Å². The maximum atomic E-state index is 12.7. The van der Waals surface area contributed by atoms with Crippen molar-refractivity contribution in [2.45, 2.75) is 31.9 Å². The molecule has 1 nitrogen and oxygen atoms in total. The standard InChI is InChI=1S/C6H9FO/c1-6(7)4-2-3-5(6)8/h2-4H2,1H3. The largest absolute Gasteiger partial charge is 0.296 e. The Balaban J connectivity index is 2.68. The van der Waals surface area contributed by atoms with Crippen molar-refractivity contribution in [3.8, 4) is 0 Å². The Morgan fingerprint density at radius 3 is 2.50 bits per heavy atom. The average molecular weight is 116 g/mol. The van der Waals surface area contributed by atoms with E-state index < -0.39 is 5.67 Å². The summed E-state index contributed by atoms with van der Waals surface area (Å²) in [4.78, 5) is 10.5. The molecule has 0 radical (unpaired) electrons. The first-order valence-corrected chi connectivity index (χ1v) is 2.85. The van der Waals surface area contributed by atoms with Crippen molar-refractivity contribution in [2.75, 3.05) is 0 Å². The normalized spacial score (nSPS) is 38.5. The van der Waals surface area contributed by atoms with E-state index in [4.69, 9.17) is 0 Å². The Bertz CT molecular complexity index is 118. The number of rotatable bonds is 0. The van der Waals surface area contributed by atoms with Gasteiger partial charge in [-0.3, -0.25) is 4.79 Å². The second kappa shape index (κ2) is 1.54. The van der Waals surface area contributed by atoms with Gasteiger partial charge in [-0.15, -0.1) is 0 Å². The zero-order valence-electron chi connectivity index (χ0n) is 4.91. The van der Waals surface area contributed by atoms with Crippen LogP contribution in [0.25, 0.3) is 0 Å². The molecule has 0 N–H and O–H groups in total. The maximum Gasteiger partial charge on any atom is 0.169 e. The summed E-state index contributed by atoms with van der Waals surface area (Å²) in [6.07, 6.45) is 1.59. The summed E-state index contributed by atoms with van der Waals surface area (Å²) in [7, 11) is 0. The van der Waals surface area contributed by atoms with Crippen LogP contribution in [-0.4, -0.2) is 11.5 Å². The molecule has 1 saturated carbocycles. The molecule has 0 aromatic heterocycles. The van der Waals surface area contributed by atoms with Crippen LogP contribution in [-0.2, 0) is 4.79 Å². The SMILES string of the molecule is CC1(F)CCCC1=O. The Hall–Kier alpha value is -0.400. The van der Waals surface area contributed by atoms with Gasteiger partial charge < -0.3 is 0 Å². The summed E-state index contributed by atoms with van der Waals surface area (Å²) < 4.78 is 12.7. The molecule has 0 heterocycles. The zero-order valence-corrected chi connectivity index (χ0v) is 4.91. The van der Waals surface area contributed by atoms with Crippen LogP contribution in [0.5, 0.6) is 0 Å². The van der Waals surface area contributed by atoms with Crippen molar-refractivity contribution >= 4 is 5.78 Å². The Morgan fingerprint density at radius 2 is 2.38 bits per heavy atom. The van der Waals surface area contributed by atoms with E-state index in [1.165, 1.54) is 6.92 Å². The summed E-state index contributed by atoms with van der Waals surface area (Å²) in [6.45, 7) is 1.36. The maximum absolute atomic E-state index is 12.7. The van der Waals surface area contributed by atoms with Gasteiger partial charge in [0.25, 0.3) is 0 Å². The van der Waals surface area contributed by atoms with Gasteiger partial charge in [-0.05, 0) is 19.8 Å². The number of hydrogen-bond donors (Lipinski definition) is 0. The number of halogens is 1. The van der Waals surface area contributed by atoms with Gasteiger partial charge in [0.05, 0.1) is 0 Å². The molecule has 0 aliphatic heterocycles. The fourth-order valence-corrected chi connectivity index (χ4v) is 0.981. The van der Waals surface area contributed by atoms with Gasteiger partial charge in [0.1, 0.15) is 0 Å². The molecule has 0 bridgehead atoms. The van der Waals surface area contributed by atoms with E-state index in [0.29, 0.717) is 12.8 Å². The highest BCUT2D eigenvalue weighted by Crippen LogP contribution is 2.28. The number of ketones is 1. The first-order chi connectivity index (χ1) is 3.63. The van der Waals surface area contributed by atoms with Crippen molar-refractivity contribution in [1.82, 2.24) is 0 Å². The van der Waals surface area contributed by atoms with Crippen LogP contribution in [0.15, 0.2) is 0 Å². The number of carbonyl (C=O) groups is 1. The Kier molecular flexibility index (Phi) is 1.10. The lowest BCUT2D eigenvalue weighted by Crippen LogP contribution is -2.22. The van der Waals surface area contributed by atoms with E-state index in [2.05, 4.69) is 0 Å². The zero-order chi connectivity index (χ0) is 6.20. The monoisotopic (exact) mass is 116 g/mol. The topological polar surface area (TPSA) is 17.1 Å². The van der Waals surface area contributed by atoms with Crippen LogP contribution in [0, 0.1) is 0 Å². The van der Waals surface area contributed by atoms with Crippen LogP contribution in [0.3, 0.4) is 0 Å². The van der Waals surface area contributed by atoms with Crippen LogP contribution < -0.4 is 0 Å². The third-order valence-corrected chi connectivity index (χ3v) is 1.63. The quantitative estimate of drug-likeness (QED) is 0.468. The predicted molar refractivity (Wildman–Crippen MR) is 28.4 cm³/mol. The van der Waals surface area contributed by atoms with Crippen LogP contribution in [0.2, 0.25) is 0 Å². The number of alkyl halides is 1. The van der Waals surface area contributed by atoms with Gasteiger partial charge in [-0.25, -0.2) is 4.39 Å². The molecule has 2 heteroatoms. The number of carbonyl (C=O) groups excluding carboxylic acids is 1. The smallest absolute Gasteiger partial charge is 0.169 e. The van der Waals surface area contributed by atoms with E-state index in [-0.39, 0.29) is 5.78 Å². The fraction of sp³-hybridized carbons (Fsp3) is 0.833.